The summed E-state index contributed by atoms with van der Waals surface area (Å²) in [6.07, 6.45) is -7.20. The van der Waals surface area contributed by atoms with E-state index in [0.717, 1.165) is 11.0 Å². The number of carbonyl (C=O) groups is 1. The Hall–Kier alpha value is -2.19. The van der Waals surface area contributed by atoms with Crippen molar-refractivity contribution in [2.45, 2.75) is 49.5 Å². The van der Waals surface area contributed by atoms with E-state index in [1.54, 1.807) is 6.92 Å². The number of nitriles is 1. The van der Waals surface area contributed by atoms with Crippen LogP contribution in [0.4, 0.5) is 18.9 Å². The number of anilines is 1. The van der Waals surface area contributed by atoms with Gasteiger partial charge >= 0.3 is 6.18 Å². The zero-order valence-electron chi connectivity index (χ0n) is 15.3. The highest BCUT2D eigenvalue weighted by Gasteiger charge is 2.76. The van der Waals surface area contributed by atoms with E-state index in [4.69, 9.17) is 10.00 Å². The van der Waals surface area contributed by atoms with Crippen molar-refractivity contribution in [3.05, 3.63) is 29.3 Å². The number of alkyl halides is 3. The Bertz CT molecular complexity index is 916. The topological polar surface area (TPSA) is 114 Å². The van der Waals surface area contributed by atoms with Gasteiger partial charge in [0.2, 0.25) is 5.91 Å². The third-order valence-corrected chi connectivity index (χ3v) is 6.54. The maximum absolute atomic E-state index is 13.3. The summed E-state index contributed by atoms with van der Waals surface area (Å²) < 4.78 is 46.0. The van der Waals surface area contributed by atoms with Crippen LogP contribution < -0.4 is 4.90 Å². The van der Waals surface area contributed by atoms with Gasteiger partial charge in [-0.2, -0.15) is 18.4 Å². The minimum absolute atomic E-state index is 0.0499. The van der Waals surface area contributed by atoms with Crippen LogP contribution in [0, 0.1) is 23.2 Å². The van der Waals surface area contributed by atoms with Crippen LogP contribution in [0.2, 0.25) is 0 Å². The van der Waals surface area contributed by atoms with Crippen molar-refractivity contribution in [2.24, 2.45) is 11.8 Å². The molecule has 3 aliphatic heterocycles. The van der Waals surface area contributed by atoms with E-state index in [1.165, 1.54) is 12.1 Å². The normalized spacial score (nSPS) is 38.4. The molecule has 1 amide bonds. The third kappa shape index (κ3) is 2.55. The number of fused-ring (bicyclic) bond motifs is 5. The molecule has 3 aliphatic rings. The number of rotatable bonds is 3. The van der Waals surface area contributed by atoms with Gasteiger partial charge in [-0.3, -0.25) is 9.69 Å². The van der Waals surface area contributed by atoms with Crippen molar-refractivity contribution in [3.63, 3.8) is 0 Å². The Labute approximate surface area is 163 Å². The highest BCUT2D eigenvalue weighted by molar-refractivity contribution is 5.99. The van der Waals surface area contributed by atoms with Crippen molar-refractivity contribution in [1.29, 1.82) is 5.26 Å². The summed E-state index contributed by atoms with van der Waals surface area (Å²) >= 11 is 0. The van der Waals surface area contributed by atoms with E-state index < -0.39 is 58.6 Å². The highest BCUT2D eigenvalue weighted by Crippen LogP contribution is 2.63. The Kier molecular flexibility index (Phi) is 4.26. The monoisotopic (exact) mass is 412 g/mol. The molecule has 10 heteroatoms. The van der Waals surface area contributed by atoms with Crippen molar-refractivity contribution < 1.29 is 38.0 Å². The van der Waals surface area contributed by atoms with E-state index >= 15 is 0 Å². The number of hydrogen-bond donors (Lipinski definition) is 3. The molecule has 6 atom stereocenters. The number of nitrogens with zero attached hydrogens (tertiary/aromatic N) is 2. The Balaban J connectivity index is 1.80. The molecule has 29 heavy (non-hydrogen) atoms. The molecule has 3 saturated heterocycles. The summed E-state index contributed by atoms with van der Waals surface area (Å²) in [5.74, 6) is -2.43. The third-order valence-electron chi connectivity index (χ3n) is 6.54. The Morgan fingerprint density at radius 2 is 2.07 bits per heavy atom. The standard InChI is InChI=1S/C19H19F3N2O5/c1-17-12(26)7-18(29-17,4-5-25)14-13(17)15(27)24(16(14)28)10-3-2-9(8-23)11(6-10)19(20,21)22/h2-3,6,12-15,25-27H,4-5,7H2,1H3/t12-,13-,14+,15?,17?,18?/m1/s1. The molecule has 2 bridgehead atoms. The lowest BCUT2D eigenvalue weighted by Crippen LogP contribution is -2.50. The predicted molar refractivity (Wildman–Crippen MR) is 91.2 cm³/mol. The number of benzene rings is 1. The summed E-state index contributed by atoms with van der Waals surface area (Å²) in [5, 5.41) is 39.8. The molecule has 1 aromatic carbocycles. The molecule has 0 aliphatic carbocycles. The minimum atomic E-state index is -4.81. The first kappa shape index (κ1) is 20.1. The molecule has 3 fully saturated rings. The number of ether oxygens (including phenoxy) is 1. The number of aliphatic hydroxyl groups is 3. The highest BCUT2D eigenvalue weighted by atomic mass is 19.4. The molecular formula is C19H19F3N2O5. The van der Waals surface area contributed by atoms with Gasteiger partial charge in [0.15, 0.2) is 0 Å². The number of amides is 1. The summed E-state index contributed by atoms with van der Waals surface area (Å²) in [7, 11) is 0. The summed E-state index contributed by atoms with van der Waals surface area (Å²) in [6.45, 7) is 1.24. The van der Waals surface area contributed by atoms with Crippen LogP contribution in [0.1, 0.15) is 30.9 Å². The molecule has 3 unspecified atom stereocenters. The number of aliphatic hydroxyl groups excluding tert-OH is 3. The maximum Gasteiger partial charge on any atom is 0.417 e. The molecule has 0 saturated carbocycles. The quantitative estimate of drug-likeness (QED) is 0.686. The number of hydrogen-bond acceptors (Lipinski definition) is 6. The number of carbonyl (C=O) groups excluding carboxylic acids is 1. The zero-order valence-corrected chi connectivity index (χ0v) is 15.3. The molecule has 0 spiro atoms. The smallest absolute Gasteiger partial charge is 0.396 e. The fourth-order valence-corrected chi connectivity index (χ4v) is 5.30. The molecule has 0 aromatic heterocycles. The first-order valence-electron chi connectivity index (χ1n) is 9.12. The van der Waals surface area contributed by atoms with Crippen molar-refractivity contribution in [3.8, 4) is 6.07 Å². The molecule has 7 nitrogen and oxygen atoms in total. The molecule has 156 valence electrons. The second-order valence-corrected chi connectivity index (χ2v) is 8.01. The minimum Gasteiger partial charge on any atom is -0.396 e. The molecule has 3 N–H and O–H groups in total. The average molecular weight is 412 g/mol. The van der Waals surface area contributed by atoms with Gasteiger partial charge in [0.1, 0.15) is 11.8 Å². The van der Waals surface area contributed by atoms with Crippen molar-refractivity contribution in [2.75, 3.05) is 11.5 Å². The molecule has 4 rings (SSSR count). The van der Waals surface area contributed by atoms with Gasteiger partial charge < -0.3 is 20.1 Å². The van der Waals surface area contributed by atoms with Crippen LogP contribution in [0.25, 0.3) is 0 Å². The lowest BCUT2D eigenvalue weighted by molar-refractivity contribution is -0.138. The summed E-state index contributed by atoms with van der Waals surface area (Å²) in [6, 6.07) is 4.27. The SMILES string of the molecule is CC12OC(CCO)(C[C@H]1O)[C@@H]1C(=O)N(c3ccc(C#N)c(C(F)(F)F)c3)C(O)[C@@H]12. The molecule has 1 aromatic rings. The van der Waals surface area contributed by atoms with Crippen LogP contribution in [0.15, 0.2) is 18.2 Å². The van der Waals surface area contributed by atoms with Gasteiger partial charge in [-0.05, 0) is 25.1 Å². The van der Waals surface area contributed by atoms with Gasteiger partial charge in [0.05, 0.1) is 34.8 Å². The van der Waals surface area contributed by atoms with E-state index in [-0.39, 0.29) is 25.1 Å². The van der Waals surface area contributed by atoms with Crippen molar-refractivity contribution in [1.82, 2.24) is 0 Å². The van der Waals surface area contributed by atoms with Crippen LogP contribution in [-0.4, -0.2) is 51.4 Å². The lowest BCUT2D eigenvalue weighted by Gasteiger charge is -2.35. The molecular weight excluding hydrogens is 393 g/mol. The number of halogens is 3. The van der Waals surface area contributed by atoms with E-state index in [2.05, 4.69) is 0 Å². The summed E-state index contributed by atoms with van der Waals surface area (Å²) in [5.41, 5.74) is -4.46. The first-order valence-corrected chi connectivity index (χ1v) is 9.12. The average Bonchev–Trinajstić information content (AvgIpc) is 3.16. The Morgan fingerprint density at radius 3 is 2.66 bits per heavy atom. The van der Waals surface area contributed by atoms with Crippen LogP contribution in [0.3, 0.4) is 0 Å². The zero-order chi connectivity index (χ0) is 21.4. The van der Waals surface area contributed by atoms with Gasteiger partial charge in [-0.1, -0.05) is 0 Å². The van der Waals surface area contributed by atoms with Gasteiger partial charge in [-0.25, -0.2) is 0 Å². The van der Waals surface area contributed by atoms with E-state index in [9.17, 15) is 33.3 Å². The summed E-state index contributed by atoms with van der Waals surface area (Å²) in [4.78, 5) is 14.1. The Morgan fingerprint density at radius 1 is 1.38 bits per heavy atom. The van der Waals surface area contributed by atoms with Crippen LogP contribution in [0.5, 0.6) is 0 Å². The van der Waals surface area contributed by atoms with Crippen LogP contribution in [-0.2, 0) is 15.7 Å². The fraction of sp³-hybridized carbons (Fsp3) is 0.579. The molecule has 0 radical (unpaired) electrons. The van der Waals surface area contributed by atoms with Gasteiger partial charge in [-0.15, -0.1) is 0 Å². The van der Waals surface area contributed by atoms with Gasteiger partial charge in [0, 0.05) is 31.1 Å². The molecule has 3 heterocycles. The first-order chi connectivity index (χ1) is 13.5. The largest absolute Gasteiger partial charge is 0.417 e. The van der Waals surface area contributed by atoms with E-state index in [0.29, 0.717) is 6.07 Å². The van der Waals surface area contributed by atoms with Crippen molar-refractivity contribution >= 4 is 11.6 Å². The fourth-order valence-electron chi connectivity index (χ4n) is 5.30. The maximum atomic E-state index is 13.3. The van der Waals surface area contributed by atoms with Gasteiger partial charge in [0.25, 0.3) is 0 Å². The van der Waals surface area contributed by atoms with Crippen LogP contribution >= 0.6 is 0 Å². The lowest BCUT2D eigenvalue weighted by atomic mass is 9.66. The second-order valence-electron chi connectivity index (χ2n) is 8.01. The predicted octanol–water partition coefficient (Wildman–Crippen LogP) is 1.15. The second kappa shape index (κ2) is 6.15. The van der Waals surface area contributed by atoms with E-state index in [1.807, 2.05) is 0 Å².